The molecule has 2 unspecified atom stereocenters. The van der Waals surface area contributed by atoms with Crippen LogP contribution in [0.25, 0.3) is 6.08 Å². The standard InChI is InChI=1S/C32H53N8O17P3S/c33-30-20(17-40(32(46)39-30)28-16-22(41)23(55-28)18-54-59(50,51)57-60(52,53)56-58(47,48)49)8-6-14-35-27(44)12-7-15-36-25(42)10-2-1-5-13-34-26(43)11-4-3-9-24-29-21(19-61-24)37-31(45)38-29/h6,8,17,21-24,28-29,41H,1-5,7,9-16,18-19H2,(H,34,43)(H,35,44)(H,36,42)(H,50,51)(H,52,53)(H2,33,39,46)(H2,37,38,45)(H2,47,48,49)/b8-6+/t21-,22-,23+,24-,28+,29-/m0/s1. The normalized spacial score (nSPS) is 24.4. The van der Waals surface area contributed by atoms with Gasteiger partial charge in [0.2, 0.25) is 17.7 Å². The minimum Gasteiger partial charge on any atom is -0.390 e. The van der Waals surface area contributed by atoms with Gasteiger partial charge >= 0.3 is 35.2 Å². The first-order chi connectivity index (χ1) is 28.7. The number of nitrogens with one attached hydrogen (secondary N) is 5. The molecule has 3 saturated heterocycles. The largest absolute Gasteiger partial charge is 0.490 e. The summed E-state index contributed by atoms with van der Waals surface area (Å²) in [5.74, 6) is 0.351. The number of anilines is 1. The van der Waals surface area contributed by atoms with E-state index in [0.29, 0.717) is 44.0 Å². The molecule has 0 spiro atoms. The summed E-state index contributed by atoms with van der Waals surface area (Å²) >= 11 is 1.86. The molecule has 29 heteroatoms. The molecule has 3 fully saturated rings. The van der Waals surface area contributed by atoms with Gasteiger partial charge in [0.25, 0.3) is 0 Å². The number of hydrogen-bond acceptors (Lipinski definition) is 16. The minimum absolute atomic E-state index is 0.0104. The van der Waals surface area contributed by atoms with E-state index < -0.39 is 54.2 Å². The van der Waals surface area contributed by atoms with Gasteiger partial charge in [0, 0.05) is 68.1 Å². The number of carbonyl (C=O) groups is 4. The van der Waals surface area contributed by atoms with Crippen LogP contribution < -0.4 is 38.0 Å². The van der Waals surface area contributed by atoms with Crippen LogP contribution in [0.5, 0.6) is 0 Å². The number of thioether (sulfide) groups is 1. The van der Waals surface area contributed by atoms with E-state index in [9.17, 15) is 52.6 Å². The zero-order valence-corrected chi connectivity index (χ0v) is 36.4. The van der Waals surface area contributed by atoms with Crippen LogP contribution in [0, 0.1) is 0 Å². The topological polar surface area (TPSA) is 379 Å². The molecule has 3 aliphatic heterocycles. The third-order valence-electron chi connectivity index (χ3n) is 9.44. The summed E-state index contributed by atoms with van der Waals surface area (Å²) in [4.78, 5) is 101. The van der Waals surface area contributed by atoms with Gasteiger partial charge in [-0.3, -0.25) is 23.5 Å². The maximum atomic E-state index is 12.6. The van der Waals surface area contributed by atoms with E-state index in [1.54, 1.807) is 0 Å². The van der Waals surface area contributed by atoms with Crippen LogP contribution >= 0.6 is 35.2 Å². The lowest BCUT2D eigenvalue weighted by Gasteiger charge is -2.19. The molecule has 0 radical (unpaired) electrons. The number of carbonyl (C=O) groups excluding carboxylic acids is 4. The monoisotopic (exact) mass is 946 g/mol. The second-order valence-electron chi connectivity index (χ2n) is 14.3. The molecular weight excluding hydrogens is 893 g/mol. The van der Waals surface area contributed by atoms with E-state index in [1.165, 1.54) is 18.3 Å². The highest BCUT2D eigenvalue weighted by Gasteiger charge is 2.44. The van der Waals surface area contributed by atoms with Crippen LogP contribution in [0.15, 0.2) is 17.1 Å². The lowest BCUT2D eigenvalue weighted by molar-refractivity contribution is -0.122. The second kappa shape index (κ2) is 23.5. The molecular formula is C32H53N8O17P3S. The highest BCUT2D eigenvalue weighted by molar-refractivity contribution is 8.00. The number of rotatable bonds is 26. The summed E-state index contributed by atoms with van der Waals surface area (Å²) in [5, 5.41) is 25.1. The average Bonchev–Trinajstić information content (AvgIpc) is 3.83. The molecule has 3 aliphatic rings. The molecule has 344 valence electrons. The van der Waals surface area contributed by atoms with Gasteiger partial charge < -0.3 is 61.7 Å². The fraction of sp³-hybridized carbons (Fsp3) is 0.688. The van der Waals surface area contributed by atoms with Gasteiger partial charge in [-0.15, -0.1) is 0 Å². The summed E-state index contributed by atoms with van der Waals surface area (Å²) in [6, 6.07) is 0.270. The fourth-order valence-corrected chi connectivity index (χ4v) is 11.1. The number of phosphoric acid groups is 3. The number of nitrogen functional groups attached to an aromatic ring is 1. The van der Waals surface area contributed by atoms with E-state index >= 15 is 0 Å². The number of aromatic nitrogens is 2. The van der Waals surface area contributed by atoms with Crippen molar-refractivity contribution in [3.8, 4) is 0 Å². The first kappa shape index (κ1) is 50.4. The molecule has 0 bridgehead atoms. The summed E-state index contributed by atoms with van der Waals surface area (Å²) in [6.07, 6.45) is 6.24. The minimum atomic E-state index is -5.76. The highest BCUT2D eigenvalue weighted by atomic mass is 32.2. The van der Waals surface area contributed by atoms with Crippen molar-refractivity contribution in [1.82, 2.24) is 36.1 Å². The Bertz CT molecular complexity index is 1940. The van der Waals surface area contributed by atoms with Crippen molar-refractivity contribution < 1.29 is 75.4 Å². The molecule has 4 heterocycles. The Hall–Kier alpha value is -3.22. The highest BCUT2D eigenvalue weighted by Crippen LogP contribution is 2.66. The van der Waals surface area contributed by atoms with E-state index in [-0.39, 0.29) is 66.6 Å². The Labute approximate surface area is 354 Å². The Morgan fingerprint density at radius 3 is 2.28 bits per heavy atom. The number of ether oxygens (including phenoxy) is 1. The van der Waals surface area contributed by atoms with Crippen molar-refractivity contribution in [3.63, 3.8) is 0 Å². The van der Waals surface area contributed by atoms with Gasteiger partial charge in [-0.25, -0.2) is 23.3 Å². The number of nitrogens with two attached hydrogens (primary N) is 1. The van der Waals surface area contributed by atoms with Crippen molar-refractivity contribution in [2.24, 2.45) is 0 Å². The zero-order valence-electron chi connectivity index (χ0n) is 32.9. The van der Waals surface area contributed by atoms with E-state index in [1.807, 2.05) is 11.8 Å². The first-order valence-electron chi connectivity index (χ1n) is 19.4. The third kappa shape index (κ3) is 17.8. The van der Waals surface area contributed by atoms with Gasteiger partial charge in [0.15, 0.2) is 0 Å². The SMILES string of the molecule is Nc1nc(=O)n([C@H]2C[C@H](O)[C@@H](COP(=O)(O)OP(=O)(O)OP(=O)(O)O)O2)cc1/C=C/CNC(=O)CCCNC(=O)CCCCCNC(=O)CCCC[C@@H]1SC[C@@H]2NC(=O)N[C@@H]21. The van der Waals surface area contributed by atoms with Crippen LogP contribution in [-0.2, 0) is 46.0 Å². The number of phosphoric ester groups is 1. The van der Waals surface area contributed by atoms with Crippen LogP contribution in [-0.4, -0.2) is 120 Å². The predicted octanol–water partition coefficient (Wildman–Crippen LogP) is 0.245. The van der Waals surface area contributed by atoms with Crippen LogP contribution in [0.4, 0.5) is 10.6 Å². The number of aliphatic hydroxyl groups excluding tert-OH is 1. The number of urea groups is 1. The van der Waals surface area contributed by atoms with E-state index in [0.717, 1.165) is 42.4 Å². The van der Waals surface area contributed by atoms with Gasteiger partial charge in [-0.1, -0.05) is 25.0 Å². The van der Waals surface area contributed by atoms with Crippen molar-refractivity contribution in [1.29, 1.82) is 0 Å². The average molecular weight is 947 g/mol. The third-order valence-corrected chi connectivity index (χ3v) is 14.8. The predicted molar refractivity (Wildman–Crippen MR) is 217 cm³/mol. The summed E-state index contributed by atoms with van der Waals surface area (Å²) in [5.41, 5.74) is 5.23. The summed E-state index contributed by atoms with van der Waals surface area (Å²) < 4.78 is 52.6. The van der Waals surface area contributed by atoms with Crippen LogP contribution in [0.3, 0.4) is 0 Å². The molecule has 25 nitrogen and oxygen atoms in total. The Morgan fingerprint density at radius 1 is 0.918 bits per heavy atom. The second-order valence-corrected chi connectivity index (χ2v) is 20.0. The summed E-state index contributed by atoms with van der Waals surface area (Å²) in [6.45, 7) is -0.00542. The fourth-order valence-electron chi connectivity index (χ4n) is 6.53. The number of aliphatic hydroxyl groups is 1. The van der Waals surface area contributed by atoms with Crippen molar-refractivity contribution in [2.75, 3.05) is 37.7 Å². The Morgan fingerprint density at radius 2 is 1.57 bits per heavy atom. The molecule has 1 aromatic rings. The Kier molecular flexibility index (Phi) is 19.4. The van der Waals surface area contributed by atoms with Crippen molar-refractivity contribution in [3.05, 3.63) is 28.3 Å². The quantitative estimate of drug-likeness (QED) is 0.0337. The molecule has 0 aromatic carbocycles. The van der Waals surface area contributed by atoms with Crippen LogP contribution in [0.2, 0.25) is 0 Å². The number of nitrogens with zero attached hydrogens (tertiary/aromatic N) is 2. The Balaban J connectivity index is 1.04. The number of unbranched alkanes of at least 4 members (excludes halogenated alkanes) is 3. The number of hydrogen-bond donors (Lipinski definition) is 11. The maximum absolute atomic E-state index is 12.6. The number of amides is 5. The molecule has 12 N–H and O–H groups in total. The molecule has 0 saturated carbocycles. The van der Waals surface area contributed by atoms with E-state index in [2.05, 4.69) is 44.7 Å². The van der Waals surface area contributed by atoms with Crippen molar-refractivity contribution in [2.45, 2.75) is 106 Å². The lowest BCUT2D eigenvalue weighted by atomic mass is 10.0. The van der Waals surface area contributed by atoms with Crippen LogP contribution in [0.1, 0.15) is 82.4 Å². The lowest BCUT2D eigenvalue weighted by Crippen LogP contribution is -2.36. The first-order valence-corrected chi connectivity index (χ1v) is 24.9. The molecule has 1 aromatic heterocycles. The van der Waals surface area contributed by atoms with Gasteiger partial charge in [0.1, 0.15) is 18.1 Å². The smallest absolute Gasteiger partial charge is 0.390 e. The molecule has 4 rings (SSSR count). The number of fused-ring (bicyclic) bond motifs is 1. The van der Waals surface area contributed by atoms with Gasteiger partial charge in [-0.05, 0) is 32.1 Å². The molecule has 5 amide bonds. The summed E-state index contributed by atoms with van der Waals surface area (Å²) in [7, 11) is -16.8. The molecule has 0 aliphatic carbocycles. The molecule has 8 atom stereocenters. The maximum Gasteiger partial charge on any atom is 0.490 e. The molecule has 61 heavy (non-hydrogen) atoms. The zero-order chi connectivity index (χ0) is 44.8. The van der Waals surface area contributed by atoms with E-state index in [4.69, 9.17) is 20.3 Å². The van der Waals surface area contributed by atoms with Gasteiger partial charge in [-0.2, -0.15) is 25.4 Å². The van der Waals surface area contributed by atoms with Gasteiger partial charge in [0.05, 0.1) is 24.8 Å². The van der Waals surface area contributed by atoms with Crippen molar-refractivity contribution >= 4 is 70.9 Å².